The van der Waals surface area contributed by atoms with Crippen molar-refractivity contribution in [3.8, 4) is 0 Å². The normalized spacial score (nSPS) is 24.0. The van der Waals surface area contributed by atoms with Gasteiger partial charge in [0.15, 0.2) is 0 Å². The van der Waals surface area contributed by atoms with Crippen LogP contribution in [0.25, 0.3) is 0 Å². The predicted octanol–water partition coefficient (Wildman–Crippen LogP) is 1.35. The lowest BCUT2D eigenvalue weighted by molar-refractivity contribution is 0.0136. The third-order valence-electron chi connectivity index (χ3n) is 2.05. The lowest BCUT2D eigenvalue weighted by Crippen LogP contribution is -2.62. The lowest BCUT2D eigenvalue weighted by Gasteiger charge is -2.43. The first-order valence-corrected chi connectivity index (χ1v) is 4.10. The fourth-order valence-electron chi connectivity index (χ4n) is 0.923. The lowest BCUT2D eigenvalue weighted by atomic mass is 9.85. The van der Waals surface area contributed by atoms with E-state index in [9.17, 15) is 0 Å². The molecule has 0 atom stereocenters. The number of halogens is 1. The van der Waals surface area contributed by atoms with Gasteiger partial charge in [-0.05, 0) is 5.92 Å². The number of nitrogens with one attached hydrogen (secondary N) is 1. The maximum absolute atomic E-state index is 5.34. The van der Waals surface area contributed by atoms with Crippen molar-refractivity contribution in [2.45, 2.75) is 19.4 Å². The van der Waals surface area contributed by atoms with Crippen molar-refractivity contribution in [1.82, 2.24) is 5.32 Å². The standard InChI is InChI=1S/C6H12INO/c1-5(2)6(9-7)3-8-4-6/h5,8H,3-4H2,1-2H3. The van der Waals surface area contributed by atoms with E-state index in [1.807, 2.05) is 23.0 Å². The molecule has 9 heavy (non-hydrogen) atoms. The predicted molar refractivity (Wildman–Crippen MR) is 45.5 cm³/mol. The van der Waals surface area contributed by atoms with Gasteiger partial charge in [-0.25, -0.2) is 0 Å². The third kappa shape index (κ3) is 1.23. The Balaban J connectivity index is 2.46. The van der Waals surface area contributed by atoms with Crippen LogP contribution in [-0.4, -0.2) is 18.7 Å². The topological polar surface area (TPSA) is 21.3 Å². The zero-order chi connectivity index (χ0) is 6.91. The summed E-state index contributed by atoms with van der Waals surface area (Å²) in [6.07, 6.45) is 0. The van der Waals surface area contributed by atoms with Crippen LogP contribution >= 0.6 is 23.0 Å². The molecule has 0 amide bonds. The Kier molecular flexibility index (Phi) is 2.34. The molecule has 1 aliphatic heterocycles. The highest BCUT2D eigenvalue weighted by Crippen LogP contribution is 2.28. The minimum atomic E-state index is 0.139. The van der Waals surface area contributed by atoms with E-state index in [1.165, 1.54) is 0 Å². The molecular weight excluding hydrogens is 229 g/mol. The molecule has 0 saturated carbocycles. The van der Waals surface area contributed by atoms with E-state index in [0.29, 0.717) is 5.92 Å². The van der Waals surface area contributed by atoms with Gasteiger partial charge >= 0.3 is 0 Å². The van der Waals surface area contributed by atoms with E-state index in [2.05, 4.69) is 19.2 Å². The van der Waals surface area contributed by atoms with Gasteiger partial charge in [0.1, 0.15) is 28.6 Å². The van der Waals surface area contributed by atoms with Gasteiger partial charge in [-0.3, -0.25) is 0 Å². The van der Waals surface area contributed by atoms with Crippen LogP contribution in [0.2, 0.25) is 0 Å². The smallest absolute Gasteiger partial charge is 0.110 e. The summed E-state index contributed by atoms with van der Waals surface area (Å²) in [5, 5.41) is 3.20. The summed E-state index contributed by atoms with van der Waals surface area (Å²) in [4.78, 5) is 0. The fraction of sp³-hybridized carbons (Fsp3) is 1.00. The van der Waals surface area contributed by atoms with E-state index < -0.39 is 0 Å². The summed E-state index contributed by atoms with van der Waals surface area (Å²) in [6, 6.07) is 0. The highest BCUT2D eigenvalue weighted by Gasteiger charge is 2.40. The Hall–Kier alpha value is 0.650. The van der Waals surface area contributed by atoms with Crippen molar-refractivity contribution >= 4 is 23.0 Å². The zero-order valence-corrected chi connectivity index (χ0v) is 7.94. The van der Waals surface area contributed by atoms with Gasteiger partial charge in [-0.15, -0.1) is 0 Å². The van der Waals surface area contributed by atoms with Crippen molar-refractivity contribution < 1.29 is 3.07 Å². The molecule has 0 radical (unpaired) electrons. The van der Waals surface area contributed by atoms with Crippen LogP contribution in [-0.2, 0) is 3.07 Å². The highest BCUT2D eigenvalue weighted by molar-refractivity contribution is 14.1. The van der Waals surface area contributed by atoms with Crippen molar-refractivity contribution in [1.29, 1.82) is 0 Å². The Labute approximate surface area is 70.0 Å². The van der Waals surface area contributed by atoms with E-state index in [4.69, 9.17) is 3.07 Å². The molecule has 0 unspecified atom stereocenters. The fourth-order valence-corrected chi connectivity index (χ4v) is 1.74. The molecule has 1 rings (SSSR count). The number of rotatable bonds is 2. The molecule has 1 N–H and O–H groups in total. The molecule has 1 fully saturated rings. The number of hydrogen-bond donors (Lipinski definition) is 1. The second-order valence-corrected chi connectivity index (χ2v) is 3.34. The SMILES string of the molecule is CC(C)C1(OI)CNC1. The van der Waals surface area contributed by atoms with Gasteiger partial charge in [-0.2, -0.15) is 0 Å². The van der Waals surface area contributed by atoms with Gasteiger partial charge in [0.25, 0.3) is 0 Å². The summed E-state index contributed by atoms with van der Waals surface area (Å²) in [5.41, 5.74) is 0.139. The monoisotopic (exact) mass is 241 g/mol. The van der Waals surface area contributed by atoms with E-state index in [1.54, 1.807) is 0 Å². The first kappa shape index (κ1) is 7.75. The summed E-state index contributed by atoms with van der Waals surface area (Å²) in [7, 11) is 0. The maximum Gasteiger partial charge on any atom is 0.110 e. The average Bonchev–Trinajstić information content (AvgIpc) is 1.62. The Bertz CT molecular complexity index is 95.7. The molecule has 0 aromatic carbocycles. The first-order chi connectivity index (χ1) is 4.21. The first-order valence-electron chi connectivity index (χ1n) is 3.22. The van der Waals surface area contributed by atoms with Gasteiger partial charge < -0.3 is 8.38 Å². The maximum atomic E-state index is 5.34. The van der Waals surface area contributed by atoms with Crippen molar-refractivity contribution in [2.24, 2.45) is 5.92 Å². The molecule has 0 aliphatic carbocycles. The summed E-state index contributed by atoms with van der Waals surface area (Å²) >= 11 is 1.99. The Morgan fingerprint density at radius 1 is 1.56 bits per heavy atom. The van der Waals surface area contributed by atoms with Crippen molar-refractivity contribution in [2.75, 3.05) is 13.1 Å². The van der Waals surface area contributed by atoms with Crippen LogP contribution in [0.5, 0.6) is 0 Å². The molecule has 1 aliphatic rings. The molecule has 54 valence electrons. The Morgan fingerprint density at radius 2 is 2.11 bits per heavy atom. The van der Waals surface area contributed by atoms with E-state index >= 15 is 0 Å². The summed E-state index contributed by atoms with van der Waals surface area (Å²) in [6.45, 7) is 6.40. The van der Waals surface area contributed by atoms with Crippen molar-refractivity contribution in [3.63, 3.8) is 0 Å². The van der Waals surface area contributed by atoms with E-state index in [0.717, 1.165) is 13.1 Å². The van der Waals surface area contributed by atoms with Gasteiger partial charge in [0, 0.05) is 13.1 Å². The molecule has 1 heterocycles. The van der Waals surface area contributed by atoms with Crippen LogP contribution in [0.3, 0.4) is 0 Å². The molecular formula is C6H12INO. The van der Waals surface area contributed by atoms with Gasteiger partial charge in [0.05, 0.1) is 0 Å². The number of hydrogen-bond acceptors (Lipinski definition) is 2. The highest BCUT2D eigenvalue weighted by atomic mass is 127. The van der Waals surface area contributed by atoms with Crippen molar-refractivity contribution in [3.05, 3.63) is 0 Å². The van der Waals surface area contributed by atoms with Crippen LogP contribution in [0.15, 0.2) is 0 Å². The zero-order valence-electron chi connectivity index (χ0n) is 5.78. The molecule has 2 nitrogen and oxygen atoms in total. The molecule has 0 aromatic rings. The van der Waals surface area contributed by atoms with Gasteiger partial charge in [-0.1, -0.05) is 13.8 Å². The minimum Gasteiger partial charge on any atom is -0.311 e. The third-order valence-corrected chi connectivity index (χ3v) is 2.93. The molecule has 0 aromatic heterocycles. The molecule has 0 spiro atoms. The average molecular weight is 241 g/mol. The minimum absolute atomic E-state index is 0.139. The second kappa shape index (κ2) is 2.72. The molecule has 0 bridgehead atoms. The largest absolute Gasteiger partial charge is 0.311 e. The van der Waals surface area contributed by atoms with Gasteiger partial charge in [0.2, 0.25) is 0 Å². The van der Waals surface area contributed by atoms with Crippen LogP contribution in [0.1, 0.15) is 13.8 Å². The summed E-state index contributed by atoms with van der Waals surface area (Å²) in [5.74, 6) is 0.621. The quantitative estimate of drug-likeness (QED) is 0.737. The van der Waals surface area contributed by atoms with Crippen LogP contribution in [0.4, 0.5) is 0 Å². The Morgan fingerprint density at radius 3 is 2.11 bits per heavy atom. The second-order valence-electron chi connectivity index (χ2n) is 2.90. The van der Waals surface area contributed by atoms with Crippen LogP contribution < -0.4 is 5.32 Å². The molecule has 1 saturated heterocycles. The molecule has 3 heteroatoms. The summed E-state index contributed by atoms with van der Waals surface area (Å²) < 4.78 is 5.34. The van der Waals surface area contributed by atoms with E-state index in [-0.39, 0.29) is 5.60 Å². The van der Waals surface area contributed by atoms with Crippen LogP contribution in [0, 0.1) is 5.92 Å².